The maximum atomic E-state index is 12.8. The summed E-state index contributed by atoms with van der Waals surface area (Å²) in [5, 5.41) is 9.44. The topological polar surface area (TPSA) is 61.2 Å². The summed E-state index contributed by atoms with van der Waals surface area (Å²) in [5.74, 6) is 1.72. The number of carbonyl (C=O) groups is 2. The molecular weight excluding hydrogens is 296 g/mol. The number of rotatable bonds is 3. The Hall–Kier alpha value is -1.93. The van der Waals surface area contributed by atoms with Crippen LogP contribution in [0.25, 0.3) is 0 Å². The summed E-state index contributed by atoms with van der Waals surface area (Å²) < 4.78 is 0. The number of Topliss-reactive ketones (excluding diaryl/α,β-unsaturated/α-hetero) is 1. The smallest absolute Gasteiger partial charge is 0.227 e. The van der Waals surface area contributed by atoms with E-state index in [4.69, 9.17) is 0 Å². The molecule has 2 aliphatic rings. The molecule has 0 aliphatic carbocycles. The standard InChI is InChI=1S/C17H18N2O2S/c18-12-15(22-10-4-5-11-22)17(21)14-8-9-16(20)19(14)13-6-2-1-3-7-13/h1-3,6-7,14H,4-5,8-11H2. The van der Waals surface area contributed by atoms with Gasteiger partial charge in [-0.2, -0.15) is 15.7 Å². The predicted molar refractivity (Wildman–Crippen MR) is 89.1 cm³/mol. The van der Waals surface area contributed by atoms with Crippen molar-refractivity contribution in [1.29, 1.82) is 5.26 Å². The fraction of sp³-hybridized carbons (Fsp3) is 0.412. The molecule has 2 heterocycles. The van der Waals surface area contributed by atoms with Crippen molar-refractivity contribution in [2.45, 2.75) is 31.7 Å². The SMILES string of the molecule is N#CC(C(=O)C1CCC(=O)N1c1ccccc1)=S1CCCC1. The zero-order chi connectivity index (χ0) is 15.5. The number of ketones is 1. The first-order valence-electron chi connectivity index (χ1n) is 7.58. The molecule has 5 heteroatoms. The molecule has 0 spiro atoms. The van der Waals surface area contributed by atoms with E-state index in [-0.39, 0.29) is 22.2 Å². The maximum Gasteiger partial charge on any atom is 0.227 e. The van der Waals surface area contributed by atoms with Gasteiger partial charge in [-0.3, -0.25) is 9.59 Å². The highest BCUT2D eigenvalue weighted by Crippen LogP contribution is 2.31. The predicted octanol–water partition coefficient (Wildman–Crippen LogP) is 2.51. The Morgan fingerprint density at radius 2 is 1.91 bits per heavy atom. The zero-order valence-electron chi connectivity index (χ0n) is 12.3. The highest BCUT2D eigenvalue weighted by molar-refractivity contribution is 8.17. The molecule has 0 radical (unpaired) electrons. The summed E-state index contributed by atoms with van der Waals surface area (Å²) in [6, 6.07) is 10.9. The number of amides is 1. The number of hydrogen-bond donors (Lipinski definition) is 0. The number of anilines is 1. The normalized spacial score (nSPS) is 21.9. The van der Waals surface area contributed by atoms with Crippen LogP contribution in [0.15, 0.2) is 30.3 Å². The number of nitriles is 1. The van der Waals surface area contributed by atoms with Crippen molar-refractivity contribution >= 4 is 32.7 Å². The number of para-hydroxylation sites is 1. The van der Waals surface area contributed by atoms with Crippen LogP contribution in [-0.4, -0.2) is 34.1 Å². The van der Waals surface area contributed by atoms with Gasteiger partial charge in [0.1, 0.15) is 17.0 Å². The highest BCUT2D eigenvalue weighted by atomic mass is 32.2. The molecule has 0 saturated carbocycles. The molecule has 1 unspecified atom stereocenters. The van der Waals surface area contributed by atoms with Crippen LogP contribution in [0.4, 0.5) is 5.69 Å². The molecule has 1 amide bonds. The zero-order valence-corrected chi connectivity index (χ0v) is 13.1. The summed E-state index contributed by atoms with van der Waals surface area (Å²) in [4.78, 5) is 27.0. The minimum absolute atomic E-state index is 0.0309. The van der Waals surface area contributed by atoms with Crippen molar-refractivity contribution in [2.24, 2.45) is 0 Å². The second kappa shape index (κ2) is 6.45. The van der Waals surface area contributed by atoms with Crippen LogP contribution >= 0.6 is 10.5 Å². The van der Waals surface area contributed by atoms with Gasteiger partial charge < -0.3 is 4.90 Å². The third-order valence-electron chi connectivity index (χ3n) is 4.19. The van der Waals surface area contributed by atoms with E-state index in [1.54, 1.807) is 4.90 Å². The van der Waals surface area contributed by atoms with E-state index in [2.05, 4.69) is 6.07 Å². The first kappa shape index (κ1) is 15.0. The van der Waals surface area contributed by atoms with E-state index in [1.165, 1.54) is 0 Å². The Kier molecular flexibility index (Phi) is 4.39. The minimum atomic E-state index is -0.502. The summed E-state index contributed by atoms with van der Waals surface area (Å²) >= 11 is 0. The monoisotopic (exact) mass is 314 g/mol. The quantitative estimate of drug-likeness (QED) is 0.805. The molecule has 1 aromatic rings. The van der Waals surface area contributed by atoms with Gasteiger partial charge in [-0.15, -0.1) is 0 Å². The Balaban J connectivity index is 1.93. The third-order valence-corrected chi connectivity index (χ3v) is 6.63. The Labute approximate surface area is 132 Å². The fourth-order valence-electron chi connectivity index (χ4n) is 3.12. The fourth-order valence-corrected chi connectivity index (χ4v) is 5.38. The molecule has 0 bridgehead atoms. The van der Waals surface area contributed by atoms with Gasteiger partial charge in [-0.05, 0) is 42.9 Å². The first-order valence-corrected chi connectivity index (χ1v) is 9.14. The molecule has 2 fully saturated rings. The molecule has 0 N–H and O–H groups in total. The lowest BCUT2D eigenvalue weighted by Crippen LogP contribution is -2.41. The Bertz CT molecular complexity index is 668. The van der Waals surface area contributed by atoms with Gasteiger partial charge in [-0.1, -0.05) is 18.2 Å². The van der Waals surface area contributed by atoms with Crippen molar-refractivity contribution < 1.29 is 9.59 Å². The van der Waals surface area contributed by atoms with Gasteiger partial charge in [0, 0.05) is 12.1 Å². The van der Waals surface area contributed by atoms with Crippen LogP contribution in [0.3, 0.4) is 0 Å². The minimum Gasteiger partial charge on any atom is -0.301 e. The van der Waals surface area contributed by atoms with Gasteiger partial charge >= 0.3 is 0 Å². The molecule has 1 aromatic carbocycles. The van der Waals surface area contributed by atoms with E-state index < -0.39 is 6.04 Å². The van der Waals surface area contributed by atoms with Gasteiger partial charge in [0.15, 0.2) is 0 Å². The van der Waals surface area contributed by atoms with E-state index in [0.29, 0.717) is 17.7 Å². The Morgan fingerprint density at radius 1 is 1.23 bits per heavy atom. The number of benzene rings is 1. The van der Waals surface area contributed by atoms with E-state index in [0.717, 1.165) is 30.0 Å². The summed E-state index contributed by atoms with van der Waals surface area (Å²) in [6.07, 6.45) is 3.06. The Morgan fingerprint density at radius 3 is 2.55 bits per heavy atom. The molecule has 114 valence electrons. The van der Waals surface area contributed by atoms with Crippen LogP contribution in [0, 0.1) is 11.3 Å². The van der Waals surface area contributed by atoms with Crippen molar-refractivity contribution in [3.05, 3.63) is 30.3 Å². The number of carbonyl (C=O) groups excluding carboxylic acids is 2. The molecule has 22 heavy (non-hydrogen) atoms. The van der Waals surface area contributed by atoms with Gasteiger partial charge in [0.2, 0.25) is 11.7 Å². The first-order chi connectivity index (χ1) is 10.7. The van der Waals surface area contributed by atoms with Crippen molar-refractivity contribution in [1.82, 2.24) is 0 Å². The van der Waals surface area contributed by atoms with E-state index in [9.17, 15) is 14.9 Å². The molecule has 1 atom stereocenters. The average molecular weight is 314 g/mol. The second-order valence-corrected chi connectivity index (χ2v) is 7.78. The van der Waals surface area contributed by atoms with E-state index >= 15 is 0 Å². The second-order valence-electron chi connectivity index (χ2n) is 5.57. The van der Waals surface area contributed by atoms with Crippen LogP contribution in [-0.2, 0) is 9.59 Å². The molecule has 2 saturated heterocycles. The van der Waals surface area contributed by atoms with Gasteiger partial charge in [-0.25, -0.2) is 0 Å². The summed E-state index contributed by atoms with van der Waals surface area (Å²) in [6.45, 7) is 0. The van der Waals surface area contributed by atoms with E-state index in [1.807, 2.05) is 30.3 Å². The lowest BCUT2D eigenvalue weighted by molar-refractivity contribution is -0.119. The number of nitrogens with zero attached hydrogens (tertiary/aromatic N) is 2. The van der Waals surface area contributed by atoms with Crippen LogP contribution < -0.4 is 4.90 Å². The van der Waals surface area contributed by atoms with Crippen LogP contribution in [0.2, 0.25) is 0 Å². The molecule has 4 nitrogen and oxygen atoms in total. The maximum absolute atomic E-state index is 12.8. The molecular formula is C17H18N2O2S. The van der Waals surface area contributed by atoms with Crippen molar-refractivity contribution in [3.63, 3.8) is 0 Å². The van der Waals surface area contributed by atoms with Crippen molar-refractivity contribution in [3.8, 4) is 6.07 Å². The third kappa shape index (κ3) is 2.71. The van der Waals surface area contributed by atoms with Crippen LogP contribution in [0.5, 0.6) is 0 Å². The van der Waals surface area contributed by atoms with Gasteiger partial charge in [0.05, 0.1) is 0 Å². The molecule has 3 rings (SSSR count). The summed E-state index contributed by atoms with van der Waals surface area (Å²) in [7, 11) is -0.206. The molecule has 0 aromatic heterocycles. The lowest BCUT2D eigenvalue weighted by atomic mass is 10.1. The lowest BCUT2D eigenvalue weighted by Gasteiger charge is -2.24. The summed E-state index contributed by atoms with van der Waals surface area (Å²) in [5.41, 5.74) is 0.746. The average Bonchev–Trinajstić information content (AvgIpc) is 3.18. The highest BCUT2D eigenvalue weighted by Gasteiger charge is 2.39. The van der Waals surface area contributed by atoms with Gasteiger partial charge in [0.25, 0.3) is 0 Å². The largest absolute Gasteiger partial charge is 0.301 e. The van der Waals surface area contributed by atoms with Crippen molar-refractivity contribution in [2.75, 3.05) is 16.4 Å². The van der Waals surface area contributed by atoms with Crippen LogP contribution in [0.1, 0.15) is 25.7 Å². The molecule has 2 aliphatic heterocycles. The number of hydrogen-bond acceptors (Lipinski definition) is 3.